The molecule has 0 saturated carbocycles. The molecule has 2 N–H and O–H groups in total. The summed E-state index contributed by atoms with van der Waals surface area (Å²) in [6.07, 6.45) is 5.34. The average Bonchev–Trinajstić information content (AvgIpc) is 3.82. The number of aromatic nitrogens is 1. The minimum absolute atomic E-state index is 0.0279. The van der Waals surface area contributed by atoms with Crippen LogP contribution < -0.4 is 10.6 Å². The van der Waals surface area contributed by atoms with Crippen molar-refractivity contribution in [3.8, 4) is 0 Å². The summed E-state index contributed by atoms with van der Waals surface area (Å²) < 4.78 is 6.02. The Labute approximate surface area is 316 Å². The van der Waals surface area contributed by atoms with Gasteiger partial charge in [-0.1, -0.05) is 78.3 Å². The maximum absolute atomic E-state index is 14.2. The van der Waals surface area contributed by atoms with E-state index in [4.69, 9.17) is 4.74 Å². The zero-order valence-electron chi connectivity index (χ0n) is 33.1. The van der Waals surface area contributed by atoms with Crippen molar-refractivity contribution >= 4 is 35.0 Å². The number of thiazole rings is 1. The summed E-state index contributed by atoms with van der Waals surface area (Å²) in [6, 6.07) is 8.32. The Hall–Kier alpha value is -3.35. The maximum atomic E-state index is 14.2. The van der Waals surface area contributed by atoms with E-state index in [2.05, 4.69) is 41.6 Å². The van der Waals surface area contributed by atoms with Crippen LogP contribution in [0.5, 0.6) is 0 Å². The maximum Gasteiger partial charge on any atom is 0.245 e. The summed E-state index contributed by atoms with van der Waals surface area (Å²) in [5.41, 5.74) is 1.12. The molecule has 7 atom stereocenters. The smallest absolute Gasteiger partial charge is 0.245 e. The summed E-state index contributed by atoms with van der Waals surface area (Å²) in [4.78, 5) is 64.8. The van der Waals surface area contributed by atoms with Crippen LogP contribution in [0.2, 0.25) is 0 Å². The average molecular weight is 741 g/mol. The number of methoxy groups -OCH3 is 1. The number of hydrogen-bond acceptors (Lipinski definition) is 8. The number of nitrogens with zero attached hydrogens (tertiary/aromatic N) is 4. The normalized spacial score (nSPS) is 18.2. The number of ether oxygens (including phenoxy) is 1. The van der Waals surface area contributed by atoms with Gasteiger partial charge in [-0.15, -0.1) is 11.3 Å². The molecule has 0 bridgehead atoms. The third-order valence-corrected chi connectivity index (χ3v) is 11.4. The molecule has 0 radical (unpaired) electrons. The topological polar surface area (TPSA) is 124 Å². The largest absolute Gasteiger partial charge is 0.379 e. The highest BCUT2D eigenvalue weighted by molar-refractivity contribution is 7.09. The van der Waals surface area contributed by atoms with Crippen molar-refractivity contribution in [2.45, 2.75) is 123 Å². The molecule has 1 aliphatic heterocycles. The predicted molar refractivity (Wildman–Crippen MR) is 208 cm³/mol. The molecule has 0 aliphatic carbocycles. The molecule has 12 heteroatoms. The first kappa shape index (κ1) is 43.1. The Morgan fingerprint density at radius 3 is 2.27 bits per heavy atom. The Bertz CT molecular complexity index is 1400. The van der Waals surface area contributed by atoms with Crippen LogP contribution in [-0.4, -0.2) is 108 Å². The minimum atomic E-state index is -0.726. The van der Waals surface area contributed by atoms with Crippen LogP contribution >= 0.6 is 11.3 Å². The Balaban J connectivity index is 1.68. The van der Waals surface area contributed by atoms with Gasteiger partial charge in [-0.2, -0.15) is 0 Å². The van der Waals surface area contributed by atoms with Crippen molar-refractivity contribution in [3.63, 3.8) is 0 Å². The van der Waals surface area contributed by atoms with E-state index < -0.39 is 18.2 Å². The van der Waals surface area contributed by atoms with Crippen molar-refractivity contribution in [1.82, 2.24) is 30.3 Å². The van der Waals surface area contributed by atoms with Crippen LogP contribution in [0, 0.1) is 17.8 Å². The lowest BCUT2D eigenvalue weighted by Crippen LogP contribution is -2.59. The lowest BCUT2D eigenvalue weighted by molar-refractivity contribution is -0.146. The molecule has 2 heterocycles. The first-order valence-corrected chi connectivity index (χ1v) is 19.9. The molecular weight excluding hydrogens is 677 g/mol. The van der Waals surface area contributed by atoms with Gasteiger partial charge < -0.3 is 25.2 Å². The number of benzene rings is 1. The molecule has 1 fully saturated rings. The highest BCUT2D eigenvalue weighted by Gasteiger charge is 2.40. The van der Waals surface area contributed by atoms with Gasteiger partial charge in [-0.05, 0) is 63.1 Å². The van der Waals surface area contributed by atoms with Crippen molar-refractivity contribution in [2.75, 3.05) is 34.8 Å². The fraction of sp³-hybridized carbons (Fsp3) is 0.675. The zero-order valence-corrected chi connectivity index (χ0v) is 33.9. The molecule has 1 aliphatic rings. The van der Waals surface area contributed by atoms with Gasteiger partial charge in [0.05, 0.1) is 30.7 Å². The van der Waals surface area contributed by atoms with Gasteiger partial charge in [0.25, 0.3) is 0 Å². The highest BCUT2D eigenvalue weighted by atomic mass is 32.1. The van der Waals surface area contributed by atoms with Crippen LogP contribution in [0.3, 0.4) is 0 Å². The van der Waals surface area contributed by atoms with Crippen LogP contribution in [0.25, 0.3) is 0 Å². The second-order valence-electron chi connectivity index (χ2n) is 15.3. The molecule has 11 nitrogen and oxygen atoms in total. The second-order valence-corrected chi connectivity index (χ2v) is 16.2. The van der Waals surface area contributed by atoms with Crippen LogP contribution in [0.1, 0.15) is 96.7 Å². The molecule has 2 aromatic rings. The molecule has 52 heavy (non-hydrogen) atoms. The van der Waals surface area contributed by atoms with E-state index in [-0.39, 0.29) is 65.9 Å². The first-order chi connectivity index (χ1) is 24.7. The van der Waals surface area contributed by atoms with Gasteiger partial charge in [0.2, 0.25) is 23.6 Å². The minimum Gasteiger partial charge on any atom is -0.379 e. The van der Waals surface area contributed by atoms with Crippen molar-refractivity contribution in [3.05, 3.63) is 52.5 Å². The van der Waals surface area contributed by atoms with Gasteiger partial charge in [-0.3, -0.25) is 24.1 Å². The van der Waals surface area contributed by atoms with E-state index in [1.54, 1.807) is 25.3 Å². The number of rotatable bonds is 20. The summed E-state index contributed by atoms with van der Waals surface area (Å²) in [7, 11) is 7.09. The lowest BCUT2D eigenvalue weighted by atomic mass is 9.89. The fourth-order valence-electron chi connectivity index (χ4n) is 7.61. The number of carbonyl (C=O) groups excluding carboxylic acids is 4. The number of amides is 4. The molecule has 0 unspecified atom stereocenters. The molecule has 1 aromatic heterocycles. The molecule has 4 amide bonds. The zero-order chi connectivity index (χ0) is 38.5. The number of likely N-dealkylation sites (N-methyl/N-ethyl adjacent to an activating group) is 2. The lowest BCUT2D eigenvalue weighted by Gasteiger charge is -2.40. The van der Waals surface area contributed by atoms with Crippen molar-refractivity contribution < 1.29 is 23.9 Å². The Kier molecular flexibility index (Phi) is 17.2. The van der Waals surface area contributed by atoms with Crippen molar-refractivity contribution in [2.24, 2.45) is 17.8 Å². The standard InChI is InChI=1S/C40H64N6O5S/c1-11-28(6)37(45(9)40(50)35(26(2)3)43-38(49)36(27(4)5)44(7)8)32(51-10)25-34(48)46-22-15-18-30(46)19-20-33(47)42-31(39-41-21-23-52-39)24-29-16-13-12-14-17-29/h12-14,16-17,21,23,26-28,30-32,35-37H,11,15,18-20,22,24-25H2,1-10H3,(H,42,47)(H,43,49)/t28-,30-,31-,32+,35-,36-,37-/m0/s1. The van der Waals surface area contributed by atoms with Gasteiger partial charge in [0.15, 0.2) is 0 Å². The summed E-state index contributed by atoms with van der Waals surface area (Å²) in [5, 5.41) is 9.04. The third-order valence-electron chi connectivity index (χ3n) is 10.5. The third kappa shape index (κ3) is 11.8. The Morgan fingerprint density at radius 1 is 1.02 bits per heavy atom. The molecule has 3 rings (SSSR count). The van der Waals surface area contributed by atoms with Gasteiger partial charge in [0.1, 0.15) is 11.0 Å². The van der Waals surface area contributed by atoms with Crippen molar-refractivity contribution in [1.29, 1.82) is 0 Å². The van der Waals surface area contributed by atoms with Crippen LogP contribution in [-0.2, 0) is 30.3 Å². The van der Waals surface area contributed by atoms with E-state index in [1.807, 2.05) is 75.2 Å². The molecular formula is C40H64N6O5S. The predicted octanol–water partition coefficient (Wildman–Crippen LogP) is 5.32. The van der Waals surface area contributed by atoms with Gasteiger partial charge >= 0.3 is 0 Å². The Morgan fingerprint density at radius 2 is 1.71 bits per heavy atom. The number of likely N-dealkylation sites (tertiary alicyclic amines) is 1. The summed E-state index contributed by atoms with van der Waals surface area (Å²) in [5.74, 6) is -0.518. The van der Waals surface area contributed by atoms with E-state index in [0.29, 0.717) is 25.8 Å². The van der Waals surface area contributed by atoms with Gasteiger partial charge in [0, 0.05) is 44.7 Å². The quantitative estimate of drug-likeness (QED) is 0.189. The van der Waals surface area contributed by atoms with E-state index in [9.17, 15) is 19.2 Å². The molecule has 1 saturated heterocycles. The monoisotopic (exact) mass is 740 g/mol. The van der Waals surface area contributed by atoms with Gasteiger partial charge in [-0.25, -0.2) is 4.98 Å². The van der Waals surface area contributed by atoms with Crippen LogP contribution in [0.4, 0.5) is 0 Å². The number of carbonyl (C=O) groups is 4. The summed E-state index contributed by atoms with van der Waals surface area (Å²) in [6.45, 7) is 12.6. The fourth-order valence-corrected chi connectivity index (χ4v) is 8.30. The van der Waals surface area contributed by atoms with E-state index in [1.165, 1.54) is 11.3 Å². The van der Waals surface area contributed by atoms with E-state index >= 15 is 0 Å². The number of nitrogens with one attached hydrogen (secondary N) is 2. The van der Waals surface area contributed by atoms with Crippen LogP contribution in [0.15, 0.2) is 41.9 Å². The number of hydrogen-bond donors (Lipinski definition) is 2. The molecule has 290 valence electrons. The summed E-state index contributed by atoms with van der Waals surface area (Å²) >= 11 is 1.53. The second kappa shape index (κ2) is 20.8. The molecule has 1 aromatic carbocycles. The highest BCUT2D eigenvalue weighted by Crippen LogP contribution is 2.28. The molecule has 0 spiro atoms. The first-order valence-electron chi connectivity index (χ1n) is 19.0. The SMILES string of the molecule is CC[C@H](C)[C@@H]([C@@H](CC(=O)N1CCC[C@H]1CCC(=O)N[C@@H](Cc1ccccc1)c1nccs1)OC)N(C)C(=O)[C@@H](NC(=O)[C@H](C(C)C)N(C)C)C(C)C. The van der Waals surface area contributed by atoms with E-state index in [0.717, 1.165) is 29.8 Å².